The summed E-state index contributed by atoms with van der Waals surface area (Å²) in [5.41, 5.74) is 5.86. The van der Waals surface area contributed by atoms with Gasteiger partial charge in [-0.05, 0) is 75.6 Å². The molecule has 4 aromatic carbocycles. The van der Waals surface area contributed by atoms with Gasteiger partial charge in [-0.2, -0.15) is 5.10 Å². The summed E-state index contributed by atoms with van der Waals surface area (Å²) in [5, 5.41) is 8.58. The number of aromatic nitrogens is 1. The molecule has 0 aliphatic heterocycles. The molecule has 0 fully saturated rings. The standard InChI is InChI=1S/C27H21Br2N3O2/c1-2-32-23-6-4-3-5-21(23)22-13-17(7-11-24(22)32)15-30-31-26(33)16-34-25-12-8-18-14-19(28)9-10-20(18)27(25)29/h3-15H,2,16H2,1H3,(H,31,33)/b30-15+. The number of hydrazone groups is 1. The van der Waals surface area contributed by atoms with Crippen LogP contribution in [0.1, 0.15) is 12.5 Å². The summed E-state index contributed by atoms with van der Waals surface area (Å²) in [6.07, 6.45) is 1.65. The van der Waals surface area contributed by atoms with Gasteiger partial charge in [0.2, 0.25) is 0 Å². The molecule has 1 amide bonds. The molecule has 0 aliphatic carbocycles. The molecule has 170 valence electrons. The zero-order valence-electron chi connectivity index (χ0n) is 18.4. The van der Waals surface area contributed by atoms with Crippen LogP contribution >= 0.6 is 31.9 Å². The van der Waals surface area contributed by atoms with Crippen LogP contribution in [0.2, 0.25) is 0 Å². The van der Waals surface area contributed by atoms with Crippen molar-refractivity contribution >= 4 is 76.6 Å². The largest absolute Gasteiger partial charge is 0.483 e. The highest BCUT2D eigenvalue weighted by Crippen LogP contribution is 2.34. The van der Waals surface area contributed by atoms with Crippen LogP contribution in [0, 0.1) is 0 Å². The fourth-order valence-corrected chi connectivity index (χ4v) is 5.19. The third-order valence-corrected chi connectivity index (χ3v) is 7.07. The molecule has 0 saturated carbocycles. The molecule has 0 spiro atoms. The number of rotatable bonds is 6. The Hall–Kier alpha value is -3.16. The minimum absolute atomic E-state index is 0.138. The van der Waals surface area contributed by atoms with Crippen molar-refractivity contribution in [3.05, 3.63) is 87.3 Å². The van der Waals surface area contributed by atoms with E-state index < -0.39 is 0 Å². The third-order valence-electron chi connectivity index (χ3n) is 5.75. The molecular formula is C27H21Br2N3O2. The highest BCUT2D eigenvalue weighted by atomic mass is 79.9. The van der Waals surface area contributed by atoms with Crippen molar-refractivity contribution in [3.63, 3.8) is 0 Å². The first-order valence-electron chi connectivity index (χ1n) is 10.9. The van der Waals surface area contributed by atoms with Gasteiger partial charge in [0.1, 0.15) is 5.75 Å². The number of amides is 1. The first kappa shape index (κ1) is 22.6. The molecule has 1 N–H and O–H groups in total. The van der Waals surface area contributed by atoms with Crippen LogP contribution < -0.4 is 10.2 Å². The Labute approximate surface area is 213 Å². The van der Waals surface area contributed by atoms with E-state index in [0.29, 0.717) is 5.75 Å². The van der Waals surface area contributed by atoms with Crippen LogP contribution in [0.5, 0.6) is 5.75 Å². The molecule has 0 radical (unpaired) electrons. The molecule has 0 saturated heterocycles. The van der Waals surface area contributed by atoms with E-state index in [4.69, 9.17) is 4.74 Å². The lowest BCUT2D eigenvalue weighted by Crippen LogP contribution is -2.24. The fraction of sp³-hybridized carbons (Fsp3) is 0.111. The lowest BCUT2D eigenvalue weighted by molar-refractivity contribution is -0.123. The van der Waals surface area contributed by atoms with E-state index in [9.17, 15) is 4.79 Å². The lowest BCUT2D eigenvalue weighted by atomic mass is 10.1. The zero-order valence-corrected chi connectivity index (χ0v) is 21.6. The van der Waals surface area contributed by atoms with Crippen LogP contribution in [0.15, 0.2) is 86.8 Å². The minimum Gasteiger partial charge on any atom is -0.483 e. The van der Waals surface area contributed by atoms with Gasteiger partial charge in [-0.15, -0.1) is 0 Å². The number of para-hydroxylation sites is 1. The van der Waals surface area contributed by atoms with Crippen LogP contribution in [0.4, 0.5) is 0 Å². The Morgan fingerprint density at radius 2 is 1.79 bits per heavy atom. The Kier molecular flexibility index (Phi) is 6.39. The highest BCUT2D eigenvalue weighted by Gasteiger charge is 2.10. The number of benzene rings is 4. The molecule has 5 aromatic rings. The molecule has 5 nitrogen and oxygen atoms in total. The van der Waals surface area contributed by atoms with Crippen LogP contribution in [0.25, 0.3) is 32.6 Å². The molecule has 0 aliphatic rings. The SMILES string of the molecule is CCn1c2ccccc2c2cc(/C=N/NC(=O)COc3ccc4cc(Br)ccc4c3Br)ccc21. The lowest BCUT2D eigenvalue weighted by Gasteiger charge is -2.10. The Morgan fingerprint density at radius 3 is 2.65 bits per heavy atom. The quantitative estimate of drug-likeness (QED) is 0.174. The average Bonchev–Trinajstić information content (AvgIpc) is 3.16. The van der Waals surface area contributed by atoms with E-state index in [0.717, 1.165) is 31.8 Å². The van der Waals surface area contributed by atoms with Crippen molar-refractivity contribution in [2.75, 3.05) is 6.61 Å². The van der Waals surface area contributed by atoms with Crippen LogP contribution in [-0.2, 0) is 11.3 Å². The number of nitrogens with one attached hydrogen (secondary N) is 1. The number of carbonyl (C=O) groups excluding carboxylic acids is 1. The van der Waals surface area contributed by atoms with Gasteiger partial charge in [-0.25, -0.2) is 5.43 Å². The van der Waals surface area contributed by atoms with Gasteiger partial charge in [0.15, 0.2) is 6.61 Å². The molecule has 1 heterocycles. The number of nitrogens with zero attached hydrogens (tertiary/aromatic N) is 2. The normalized spacial score (nSPS) is 11.6. The first-order chi connectivity index (χ1) is 16.5. The van der Waals surface area contributed by atoms with Gasteiger partial charge in [-0.1, -0.05) is 52.3 Å². The number of hydrogen-bond acceptors (Lipinski definition) is 3. The first-order valence-corrected chi connectivity index (χ1v) is 12.5. The molecule has 0 atom stereocenters. The number of aryl methyl sites for hydroxylation is 1. The van der Waals surface area contributed by atoms with Crippen LogP contribution in [0.3, 0.4) is 0 Å². The molecule has 34 heavy (non-hydrogen) atoms. The van der Waals surface area contributed by atoms with Gasteiger partial charge < -0.3 is 9.30 Å². The Balaban J connectivity index is 1.27. The number of halogens is 2. The summed E-state index contributed by atoms with van der Waals surface area (Å²) in [4.78, 5) is 12.3. The highest BCUT2D eigenvalue weighted by molar-refractivity contribution is 9.11. The smallest absolute Gasteiger partial charge is 0.277 e. The molecule has 1 aromatic heterocycles. The third kappa shape index (κ3) is 4.33. The van der Waals surface area contributed by atoms with Gasteiger partial charge in [0, 0.05) is 32.8 Å². The Bertz CT molecular complexity index is 1570. The second kappa shape index (κ2) is 9.60. The average molecular weight is 579 g/mol. The van der Waals surface area contributed by atoms with Gasteiger partial charge in [0.25, 0.3) is 5.91 Å². The van der Waals surface area contributed by atoms with E-state index >= 15 is 0 Å². The van der Waals surface area contributed by atoms with Crippen molar-refractivity contribution in [2.24, 2.45) is 5.10 Å². The maximum Gasteiger partial charge on any atom is 0.277 e. The minimum atomic E-state index is -0.331. The van der Waals surface area contributed by atoms with E-state index in [1.807, 2.05) is 36.4 Å². The number of carbonyl (C=O) groups is 1. The number of hydrogen-bond donors (Lipinski definition) is 1. The summed E-state index contributed by atoms with van der Waals surface area (Å²) < 4.78 is 9.83. The van der Waals surface area contributed by atoms with E-state index in [-0.39, 0.29) is 12.5 Å². The summed E-state index contributed by atoms with van der Waals surface area (Å²) >= 11 is 7.06. The monoisotopic (exact) mass is 577 g/mol. The van der Waals surface area contributed by atoms with Gasteiger partial charge in [0.05, 0.1) is 10.7 Å². The maximum atomic E-state index is 12.3. The van der Waals surface area contributed by atoms with Crippen molar-refractivity contribution in [1.82, 2.24) is 9.99 Å². The topological polar surface area (TPSA) is 55.6 Å². The number of ether oxygens (including phenoxy) is 1. The summed E-state index contributed by atoms with van der Waals surface area (Å²) in [7, 11) is 0. The predicted molar refractivity (Wildman–Crippen MR) is 146 cm³/mol. The molecule has 5 rings (SSSR count). The van der Waals surface area contributed by atoms with Gasteiger partial charge in [-0.3, -0.25) is 4.79 Å². The molecule has 7 heteroatoms. The molecular weight excluding hydrogens is 558 g/mol. The van der Waals surface area contributed by atoms with E-state index in [1.54, 1.807) is 6.21 Å². The van der Waals surface area contributed by atoms with Crippen molar-refractivity contribution < 1.29 is 9.53 Å². The van der Waals surface area contributed by atoms with Crippen LogP contribution in [-0.4, -0.2) is 23.3 Å². The summed E-state index contributed by atoms with van der Waals surface area (Å²) in [6.45, 7) is 2.91. The zero-order chi connectivity index (χ0) is 23.7. The fourth-order valence-electron chi connectivity index (χ4n) is 4.20. The van der Waals surface area contributed by atoms with Gasteiger partial charge >= 0.3 is 0 Å². The van der Waals surface area contributed by atoms with Crippen molar-refractivity contribution in [2.45, 2.75) is 13.5 Å². The summed E-state index contributed by atoms with van der Waals surface area (Å²) in [5.74, 6) is 0.273. The van der Waals surface area contributed by atoms with Crippen molar-refractivity contribution in [1.29, 1.82) is 0 Å². The van der Waals surface area contributed by atoms with Crippen molar-refractivity contribution in [3.8, 4) is 5.75 Å². The second-order valence-corrected chi connectivity index (χ2v) is 9.57. The van der Waals surface area contributed by atoms with E-state index in [2.05, 4.69) is 90.3 Å². The summed E-state index contributed by atoms with van der Waals surface area (Å²) in [6, 6.07) is 24.4. The predicted octanol–water partition coefficient (Wildman–Crippen LogP) is 7.02. The second-order valence-electron chi connectivity index (χ2n) is 7.86. The maximum absolute atomic E-state index is 12.3. The van der Waals surface area contributed by atoms with E-state index in [1.165, 1.54) is 21.8 Å². The molecule has 0 bridgehead atoms. The molecule has 0 unspecified atom stereocenters. The number of fused-ring (bicyclic) bond motifs is 4. The Morgan fingerprint density at radius 1 is 0.971 bits per heavy atom.